The highest BCUT2D eigenvalue weighted by Gasteiger charge is 2.62. The van der Waals surface area contributed by atoms with Gasteiger partial charge in [0.15, 0.2) is 0 Å². The maximum Gasteiger partial charge on any atom is 0.426 e. The molecule has 8 heteroatoms. The molecule has 2 atom stereocenters. The van der Waals surface area contributed by atoms with Gasteiger partial charge in [-0.25, -0.2) is 8.78 Å². The van der Waals surface area contributed by atoms with Gasteiger partial charge < -0.3 is 4.74 Å². The van der Waals surface area contributed by atoms with E-state index >= 15 is 0 Å². The molecule has 2 aromatic rings. The van der Waals surface area contributed by atoms with Crippen molar-refractivity contribution in [2.45, 2.75) is 33.3 Å². The molecule has 3 rings (SSSR count). The third kappa shape index (κ3) is 4.76. The lowest BCUT2D eigenvalue weighted by Crippen LogP contribution is -2.13. The molecule has 2 nitrogen and oxygen atoms in total. The summed E-state index contributed by atoms with van der Waals surface area (Å²) in [6, 6.07) is 11.4. The van der Waals surface area contributed by atoms with E-state index < -0.39 is 53.5 Å². The van der Waals surface area contributed by atoms with Crippen LogP contribution in [0.1, 0.15) is 25.0 Å². The van der Waals surface area contributed by atoms with E-state index in [0.717, 1.165) is 6.08 Å². The van der Waals surface area contributed by atoms with Gasteiger partial charge >= 0.3 is 12.1 Å². The first kappa shape index (κ1) is 23.3. The van der Waals surface area contributed by atoms with E-state index in [0.29, 0.717) is 11.1 Å². The quantitative estimate of drug-likeness (QED) is 0.345. The SMILES string of the molecule is CC1(C)[C@H](C(=O)OCc2c(F)ccc(-c3ccccc3)c2CF)[C@@H]1/C=C(\Cl)C(F)(F)F. The molecule has 1 aliphatic rings. The Balaban J connectivity index is 1.79. The Labute approximate surface area is 181 Å². The lowest BCUT2D eigenvalue weighted by Gasteiger charge is -2.14. The third-order valence-electron chi connectivity index (χ3n) is 5.71. The van der Waals surface area contributed by atoms with E-state index in [-0.39, 0.29) is 11.1 Å². The molecule has 0 radical (unpaired) electrons. The fourth-order valence-corrected chi connectivity index (χ4v) is 3.92. The van der Waals surface area contributed by atoms with Gasteiger partial charge in [0.05, 0.1) is 5.92 Å². The number of carbonyl (C=O) groups is 1. The van der Waals surface area contributed by atoms with Crippen LogP contribution in [0.3, 0.4) is 0 Å². The molecule has 166 valence electrons. The summed E-state index contributed by atoms with van der Waals surface area (Å²) in [5, 5.41) is -1.30. The van der Waals surface area contributed by atoms with Crippen molar-refractivity contribution in [3.05, 3.63) is 70.5 Å². The average molecular weight is 459 g/mol. The third-order valence-corrected chi connectivity index (χ3v) is 6.05. The standard InChI is InChI=1S/C23H20ClF5O2/c1-22(2)17(10-19(24)23(27,28)29)20(22)21(30)31-12-16-15(11-25)14(8-9-18(16)26)13-6-4-3-5-7-13/h3-10,17,20H,11-12H2,1-2H3/b19-10-/t17-,20-/m0/s1. The van der Waals surface area contributed by atoms with Crippen molar-refractivity contribution in [2.75, 3.05) is 0 Å². The van der Waals surface area contributed by atoms with E-state index in [1.54, 1.807) is 44.2 Å². The van der Waals surface area contributed by atoms with E-state index in [4.69, 9.17) is 16.3 Å². The van der Waals surface area contributed by atoms with Crippen LogP contribution in [0.5, 0.6) is 0 Å². The summed E-state index contributed by atoms with van der Waals surface area (Å²) < 4.78 is 71.5. The summed E-state index contributed by atoms with van der Waals surface area (Å²) in [5.74, 6) is -3.15. The van der Waals surface area contributed by atoms with Gasteiger partial charge in [-0.15, -0.1) is 0 Å². The van der Waals surface area contributed by atoms with Crippen molar-refractivity contribution in [3.8, 4) is 11.1 Å². The first-order valence-corrected chi connectivity index (χ1v) is 9.89. The van der Waals surface area contributed by atoms with Crippen LogP contribution in [0.15, 0.2) is 53.6 Å². The highest BCUT2D eigenvalue weighted by atomic mass is 35.5. The molecule has 31 heavy (non-hydrogen) atoms. The monoisotopic (exact) mass is 458 g/mol. The van der Waals surface area contributed by atoms with Crippen LogP contribution >= 0.6 is 11.6 Å². The van der Waals surface area contributed by atoms with E-state index in [1.807, 2.05) is 0 Å². The number of carbonyl (C=O) groups excluding carboxylic acids is 1. The number of esters is 1. The molecule has 2 aromatic carbocycles. The molecule has 0 saturated heterocycles. The van der Waals surface area contributed by atoms with Crippen LogP contribution in [-0.4, -0.2) is 12.1 Å². The Hall–Kier alpha value is -2.41. The Morgan fingerprint density at radius 1 is 1.13 bits per heavy atom. The molecular weight excluding hydrogens is 439 g/mol. The van der Waals surface area contributed by atoms with Gasteiger partial charge in [0.25, 0.3) is 0 Å². The smallest absolute Gasteiger partial charge is 0.426 e. The minimum absolute atomic E-state index is 0.0608. The van der Waals surface area contributed by atoms with Crippen LogP contribution in [0.4, 0.5) is 22.0 Å². The molecule has 1 fully saturated rings. The lowest BCUT2D eigenvalue weighted by atomic mass is 9.96. The minimum atomic E-state index is -4.70. The Bertz CT molecular complexity index is 999. The Morgan fingerprint density at radius 3 is 2.35 bits per heavy atom. The van der Waals surface area contributed by atoms with Crippen molar-refractivity contribution in [1.82, 2.24) is 0 Å². The van der Waals surface area contributed by atoms with Gasteiger partial charge in [-0.05, 0) is 28.5 Å². The summed E-state index contributed by atoms with van der Waals surface area (Å²) in [7, 11) is 0. The molecule has 0 unspecified atom stereocenters. The highest BCUT2D eigenvalue weighted by molar-refractivity contribution is 6.30. The topological polar surface area (TPSA) is 26.3 Å². The van der Waals surface area contributed by atoms with Crippen molar-refractivity contribution in [3.63, 3.8) is 0 Å². The Kier molecular flexibility index (Phi) is 6.46. The first-order chi connectivity index (χ1) is 14.5. The molecule has 0 bridgehead atoms. The van der Waals surface area contributed by atoms with Crippen LogP contribution in [0.2, 0.25) is 0 Å². The van der Waals surface area contributed by atoms with Crippen LogP contribution in [-0.2, 0) is 22.8 Å². The zero-order valence-corrected chi connectivity index (χ0v) is 17.5. The maximum absolute atomic E-state index is 14.4. The van der Waals surface area contributed by atoms with E-state index in [9.17, 15) is 26.7 Å². The van der Waals surface area contributed by atoms with Gasteiger partial charge in [0.2, 0.25) is 0 Å². The summed E-state index contributed by atoms with van der Waals surface area (Å²) in [6.07, 6.45) is -3.90. The van der Waals surface area contributed by atoms with Crippen LogP contribution < -0.4 is 0 Å². The van der Waals surface area contributed by atoms with E-state index in [2.05, 4.69) is 0 Å². The number of rotatable bonds is 6. The van der Waals surface area contributed by atoms with Gasteiger partial charge in [0, 0.05) is 11.1 Å². The molecule has 0 aliphatic heterocycles. The molecule has 0 aromatic heterocycles. The van der Waals surface area contributed by atoms with Crippen molar-refractivity contribution < 1.29 is 31.5 Å². The van der Waals surface area contributed by atoms with E-state index in [1.165, 1.54) is 12.1 Å². The molecular formula is C23H20ClF5O2. The molecule has 0 amide bonds. The number of alkyl halides is 4. The normalized spacial score (nSPS) is 20.5. The predicted octanol–water partition coefficient (Wildman–Crippen LogP) is 6.96. The number of hydrogen-bond acceptors (Lipinski definition) is 2. The zero-order valence-electron chi connectivity index (χ0n) is 16.8. The summed E-state index contributed by atoms with van der Waals surface area (Å²) in [4.78, 5) is 12.5. The van der Waals surface area contributed by atoms with Gasteiger partial charge in [-0.3, -0.25) is 4.79 Å². The fraction of sp³-hybridized carbons (Fsp3) is 0.348. The van der Waals surface area contributed by atoms with Gasteiger partial charge in [0.1, 0.15) is 24.1 Å². The van der Waals surface area contributed by atoms with Gasteiger partial charge in [-0.1, -0.05) is 67.9 Å². The zero-order chi connectivity index (χ0) is 23.0. The Morgan fingerprint density at radius 2 is 1.77 bits per heavy atom. The number of ether oxygens (including phenoxy) is 1. The maximum atomic E-state index is 14.4. The molecule has 0 N–H and O–H groups in total. The number of benzene rings is 2. The number of allylic oxidation sites excluding steroid dienone is 2. The largest absolute Gasteiger partial charge is 0.460 e. The second kappa shape index (κ2) is 8.61. The molecule has 0 spiro atoms. The molecule has 1 saturated carbocycles. The van der Waals surface area contributed by atoms with Crippen LogP contribution in [0, 0.1) is 23.1 Å². The highest BCUT2D eigenvalue weighted by Crippen LogP contribution is 2.60. The number of halogens is 6. The lowest BCUT2D eigenvalue weighted by molar-refractivity contribution is -0.147. The molecule has 0 heterocycles. The van der Waals surface area contributed by atoms with Crippen molar-refractivity contribution in [1.29, 1.82) is 0 Å². The van der Waals surface area contributed by atoms with Crippen LogP contribution in [0.25, 0.3) is 11.1 Å². The van der Waals surface area contributed by atoms with Gasteiger partial charge in [-0.2, -0.15) is 13.2 Å². The average Bonchev–Trinajstić information content (AvgIpc) is 3.26. The van der Waals surface area contributed by atoms with Crippen molar-refractivity contribution in [2.24, 2.45) is 17.3 Å². The van der Waals surface area contributed by atoms with Crippen molar-refractivity contribution >= 4 is 17.6 Å². The first-order valence-electron chi connectivity index (χ1n) is 9.51. The summed E-state index contributed by atoms with van der Waals surface area (Å²) >= 11 is 5.29. The summed E-state index contributed by atoms with van der Waals surface area (Å²) in [6.45, 7) is 1.73. The second-order valence-electron chi connectivity index (χ2n) is 8.00. The minimum Gasteiger partial charge on any atom is -0.460 e. The second-order valence-corrected chi connectivity index (χ2v) is 8.40. The molecule has 1 aliphatic carbocycles. The summed E-state index contributed by atoms with van der Waals surface area (Å²) in [5.41, 5.74) is 0.315. The fourth-order valence-electron chi connectivity index (χ4n) is 3.79. The predicted molar refractivity (Wildman–Crippen MR) is 107 cm³/mol. The number of hydrogen-bond donors (Lipinski definition) is 0.